The van der Waals surface area contributed by atoms with Crippen LogP contribution >= 0.6 is 11.6 Å². The Morgan fingerprint density at radius 3 is 2.89 bits per heavy atom. The van der Waals surface area contributed by atoms with Gasteiger partial charge in [0.2, 0.25) is 0 Å². The zero-order valence-corrected chi connectivity index (χ0v) is 11.9. The molecule has 1 aliphatic rings. The van der Waals surface area contributed by atoms with Crippen LogP contribution in [0.3, 0.4) is 0 Å². The molecule has 0 saturated carbocycles. The van der Waals surface area contributed by atoms with Gasteiger partial charge < -0.3 is 4.74 Å². The van der Waals surface area contributed by atoms with Crippen molar-refractivity contribution in [1.82, 2.24) is 9.88 Å². The molecule has 0 amide bonds. The second-order valence-electron chi connectivity index (χ2n) is 4.76. The Hall–Kier alpha value is -1.13. The van der Waals surface area contributed by atoms with Gasteiger partial charge in [-0.25, -0.2) is 4.98 Å². The monoisotopic (exact) mass is 282 g/mol. The molecule has 0 unspecified atom stereocenters. The fraction of sp³-hybridized carbons (Fsp3) is 0.571. The number of aromatic nitrogens is 1. The van der Waals surface area contributed by atoms with Crippen LogP contribution in [0.1, 0.15) is 25.3 Å². The Labute approximate surface area is 118 Å². The minimum absolute atomic E-state index is 0.0541. The number of ether oxygens (including phenoxy) is 1. The standard InChI is InChI=1S/C14H19ClN2O2/c1-2-19-14(18)11-5-8-17(9-6-11)10-12-4-3-7-16-13(12)15/h3-4,7,11H,2,5-6,8-10H2,1H3. The SMILES string of the molecule is CCOC(=O)C1CCN(Cc2cccnc2Cl)CC1. The number of piperidine rings is 1. The van der Waals surface area contributed by atoms with E-state index in [1.165, 1.54) is 0 Å². The van der Waals surface area contributed by atoms with E-state index in [0.717, 1.165) is 38.0 Å². The van der Waals surface area contributed by atoms with Crippen molar-refractivity contribution in [2.75, 3.05) is 19.7 Å². The first kappa shape index (κ1) is 14.3. The molecule has 0 aliphatic carbocycles. The van der Waals surface area contributed by atoms with Crippen molar-refractivity contribution in [3.63, 3.8) is 0 Å². The van der Waals surface area contributed by atoms with Gasteiger partial charge in [-0.1, -0.05) is 17.7 Å². The van der Waals surface area contributed by atoms with E-state index >= 15 is 0 Å². The maximum absolute atomic E-state index is 11.6. The molecule has 5 heteroatoms. The van der Waals surface area contributed by atoms with Gasteiger partial charge in [0.15, 0.2) is 0 Å². The van der Waals surface area contributed by atoms with Crippen LogP contribution in [-0.2, 0) is 16.1 Å². The first-order chi connectivity index (χ1) is 9.20. The van der Waals surface area contributed by atoms with Crippen molar-refractivity contribution in [3.05, 3.63) is 29.0 Å². The Morgan fingerprint density at radius 1 is 1.53 bits per heavy atom. The van der Waals surface area contributed by atoms with E-state index in [1.807, 2.05) is 19.1 Å². The summed E-state index contributed by atoms with van der Waals surface area (Å²) in [6.07, 6.45) is 3.41. The summed E-state index contributed by atoms with van der Waals surface area (Å²) in [5.74, 6) is 0.00197. The number of hydrogen-bond acceptors (Lipinski definition) is 4. The molecule has 0 radical (unpaired) electrons. The van der Waals surface area contributed by atoms with Crippen LogP contribution in [0.5, 0.6) is 0 Å². The first-order valence-electron chi connectivity index (χ1n) is 6.69. The van der Waals surface area contributed by atoms with Crippen molar-refractivity contribution in [3.8, 4) is 0 Å². The van der Waals surface area contributed by atoms with E-state index in [4.69, 9.17) is 16.3 Å². The van der Waals surface area contributed by atoms with Crippen LogP contribution in [-0.4, -0.2) is 35.5 Å². The van der Waals surface area contributed by atoms with E-state index < -0.39 is 0 Å². The quantitative estimate of drug-likeness (QED) is 0.629. The van der Waals surface area contributed by atoms with Crippen LogP contribution in [0.25, 0.3) is 0 Å². The summed E-state index contributed by atoms with van der Waals surface area (Å²) >= 11 is 6.05. The lowest BCUT2D eigenvalue weighted by molar-refractivity contribution is -0.149. The van der Waals surface area contributed by atoms with Crippen molar-refractivity contribution < 1.29 is 9.53 Å². The summed E-state index contributed by atoms with van der Waals surface area (Å²) in [6.45, 7) is 4.90. The second-order valence-corrected chi connectivity index (χ2v) is 5.11. The zero-order valence-electron chi connectivity index (χ0n) is 11.1. The number of esters is 1. The molecule has 0 aromatic carbocycles. The summed E-state index contributed by atoms with van der Waals surface area (Å²) in [6, 6.07) is 3.89. The van der Waals surface area contributed by atoms with Gasteiger partial charge in [0.25, 0.3) is 0 Å². The van der Waals surface area contributed by atoms with Gasteiger partial charge in [-0.2, -0.15) is 0 Å². The second kappa shape index (κ2) is 6.87. The molecule has 1 aromatic heterocycles. The predicted molar refractivity (Wildman–Crippen MR) is 73.9 cm³/mol. The minimum atomic E-state index is -0.0541. The molecule has 0 spiro atoms. The molecule has 19 heavy (non-hydrogen) atoms. The number of carbonyl (C=O) groups is 1. The molecule has 104 valence electrons. The molecule has 0 atom stereocenters. The van der Waals surface area contributed by atoms with Crippen molar-refractivity contribution in [2.45, 2.75) is 26.3 Å². The van der Waals surface area contributed by atoms with Gasteiger partial charge in [0.05, 0.1) is 12.5 Å². The summed E-state index contributed by atoms with van der Waals surface area (Å²) in [5.41, 5.74) is 1.04. The van der Waals surface area contributed by atoms with Crippen LogP contribution < -0.4 is 0 Å². The van der Waals surface area contributed by atoms with Gasteiger partial charge in [0, 0.05) is 18.3 Å². The molecular weight excluding hydrogens is 264 g/mol. The summed E-state index contributed by atoms with van der Waals surface area (Å²) in [7, 11) is 0. The molecule has 2 rings (SSSR count). The summed E-state index contributed by atoms with van der Waals surface area (Å²) < 4.78 is 5.07. The number of rotatable bonds is 4. The van der Waals surface area contributed by atoms with Crippen molar-refractivity contribution >= 4 is 17.6 Å². The van der Waals surface area contributed by atoms with E-state index in [1.54, 1.807) is 6.20 Å². The fourth-order valence-electron chi connectivity index (χ4n) is 2.37. The topological polar surface area (TPSA) is 42.4 Å². The highest BCUT2D eigenvalue weighted by molar-refractivity contribution is 6.30. The van der Waals surface area contributed by atoms with E-state index in [9.17, 15) is 4.79 Å². The van der Waals surface area contributed by atoms with Gasteiger partial charge in [-0.15, -0.1) is 0 Å². The number of pyridine rings is 1. The van der Waals surface area contributed by atoms with Gasteiger partial charge in [-0.3, -0.25) is 9.69 Å². The smallest absolute Gasteiger partial charge is 0.309 e. The minimum Gasteiger partial charge on any atom is -0.466 e. The molecule has 4 nitrogen and oxygen atoms in total. The lowest BCUT2D eigenvalue weighted by atomic mass is 9.97. The summed E-state index contributed by atoms with van der Waals surface area (Å²) in [5, 5.41) is 0.565. The third-order valence-electron chi connectivity index (χ3n) is 3.44. The molecule has 1 saturated heterocycles. The van der Waals surface area contributed by atoms with Crippen LogP contribution in [0.15, 0.2) is 18.3 Å². The van der Waals surface area contributed by atoms with Gasteiger partial charge in [0.1, 0.15) is 5.15 Å². The number of hydrogen-bond donors (Lipinski definition) is 0. The highest BCUT2D eigenvalue weighted by atomic mass is 35.5. The molecule has 0 N–H and O–H groups in total. The number of likely N-dealkylation sites (tertiary alicyclic amines) is 1. The van der Waals surface area contributed by atoms with Crippen LogP contribution in [0.4, 0.5) is 0 Å². The van der Waals surface area contributed by atoms with E-state index in [0.29, 0.717) is 11.8 Å². The van der Waals surface area contributed by atoms with E-state index in [2.05, 4.69) is 9.88 Å². The fourth-order valence-corrected chi connectivity index (χ4v) is 2.54. The number of nitrogens with zero attached hydrogens (tertiary/aromatic N) is 2. The molecule has 1 fully saturated rings. The normalized spacial score (nSPS) is 17.4. The van der Waals surface area contributed by atoms with Crippen molar-refractivity contribution in [1.29, 1.82) is 0 Å². The van der Waals surface area contributed by atoms with Crippen LogP contribution in [0, 0.1) is 5.92 Å². The predicted octanol–water partition coefficient (Wildman–Crippen LogP) is 2.51. The van der Waals surface area contributed by atoms with Crippen molar-refractivity contribution in [2.24, 2.45) is 5.92 Å². The highest BCUT2D eigenvalue weighted by Crippen LogP contribution is 2.22. The zero-order chi connectivity index (χ0) is 13.7. The molecule has 2 heterocycles. The number of carbonyl (C=O) groups excluding carboxylic acids is 1. The van der Waals surface area contributed by atoms with Crippen LogP contribution in [0.2, 0.25) is 5.15 Å². The molecule has 0 bridgehead atoms. The maximum Gasteiger partial charge on any atom is 0.309 e. The lowest BCUT2D eigenvalue weighted by Crippen LogP contribution is -2.36. The first-order valence-corrected chi connectivity index (χ1v) is 7.07. The molecular formula is C14H19ClN2O2. The number of halogens is 1. The lowest BCUT2D eigenvalue weighted by Gasteiger charge is -2.30. The highest BCUT2D eigenvalue weighted by Gasteiger charge is 2.26. The Bertz CT molecular complexity index is 431. The third-order valence-corrected chi connectivity index (χ3v) is 3.78. The van der Waals surface area contributed by atoms with Gasteiger partial charge >= 0.3 is 5.97 Å². The maximum atomic E-state index is 11.6. The summed E-state index contributed by atoms with van der Waals surface area (Å²) in [4.78, 5) is 18.0. The Balaban J connectivity index is 1.84. The average molecular weight is 283 g/mol. The Kier molecular flexibility index (Phi) is 5.16. The molecule has 1 aromatic rings. The third kappa shape index (κ3) is 3.91. The Morgan fingerprint density at radius 2 is 2.26 bits per heavy atom. The van der Waals surface area contributed by atoms with Gasteiger partial charge in [-0.05, 0) is 38.9 Å². The largest absolute Gasteiger partial charge is 0.466 e. The molecule has 1 aliphatic heterocycles. The van der Waals surface area contributed by atoms with E-state index in [-0.39, 0.29) is 11.9 Å². The average Bonchev–Trinajstić information content (AvgIpc) is 2.42.